The highest BCUT2D eigenvalue weighted by molar-refractivity contribution is 6.01. The molecule has 2 bridgehead atoms. The highest BCUT2D eigenvalue weighted by atomic mass is 16.2. The Hall–Kier alpha value is -5.06. The first-order valence-electron chi connectivity index (χ1n) is 13.7. The number of hydrogen-bond acceptors (Lipinski definition) is 8. The number of fused-ring (bicyclic) bond motifs is 3. The molecule has 2 saturated heterocycles. The topological polar surface area (TPSA) is 161 Å². The van der Waals surface area contributed by atoms with Gasteiger partial charge in [-0.2, -0.15) is 14.7 Å². The maximum Gasteiger partial charge on any atom is 0.259 e. The van der Waals surface area contributed by atoms with Gasteiger partial charge in [0, 0.05) is 40.9 Å². The summed E-state index contributed by atoms with van der Waals surface area (Å²) in [7, 11) is 0. The van der Waals surface area contributed by atoms with Gasteiger partial charge in [0.15, 0.2) is 11.4 Å². The number of aromatic nitrogens is 6. The maximum atomic E-state index is 13.3. The highest BCUT2D eigenvalue weighted by Crippen LogP contribution is 2.45. The monoisotopic (exact) mass is 547 g/mol. The van der Waals surface area contributed by atoms with E-state index in [2.05, 4.69) is 20.3 Å². The van der Waals surface area contributed by atoms with Gasteiger partial charge < -0.3 is 16.4 Å². The molecule has 0 radical (unpaired) electrons. The predicted molar refractivity (Wildman–Crippen MR) is 154 cm³/mol. The molecule has 206 valence electrons. The first kappa shape index (κ1) is 24.9. The second-order valence-corrected chi connectivity index (χ2v) is 10.9. The fraction of sp³-hybridized carbons (Fsp3) is 0.267. The van der Waals surface area contributed by atoms with Crippen LogP contribution in [-0.4, -0.2) is 58.5 Å². The lowest BCUT2D eigenvalue weighted by Gasteiger charge is -2.39. The molecule has 1 unspecified atom stereocenters. The Morgan fingerprint density at radius 2 is 1.71 bits per heavy atom. The molecule has 0 spiro atoms. The Morgan fingerprint density at radius 1 is 0.951 bits per heavy atom. The van der Waals surface area contributed by atoms with E-state index in [0.29, 0.717) is 35.3 Å². The number of pyridine rings is 1. The molecule has 41 heavy (non-hydrogen) atoms. The predicted octanol–water partition coefficient (Wildman–Crippen LogP) is 4.10. The number of anilines is 2. The molecule has 5 N–H and O–H groups in total. The molecule has 1 amide bonds. The molecule has 2 fully saturated rings. The second kappa shape index (κ2) is 9.54. The van der Waals surface area contributed by atoms with E-state index in [0.717, 1.165) is 35.2 Å². The number of aromatic amines is 1. The van der Waals surface area contributed by atoms with Crippen molar-refractivity contribution in [1.29, 1.82) is 0 Å². The Balaban J connectivity index is 1.25. The first-order chi connectivity index (χ1) is 19.9. The number of carbonyl (C=O) groups is 2. The maximum absolute atomic E-state index is 13.3. The average molecular weight is 548 g/mol. The summed E-state index contributed by atoms with van der Waals surface area (Å²) in [6.07, 6.45) is 8.13. The Kier molecular flexibility index (Phi) is 5.81. The number of rotatable bonds is 5. The number of hydrogen-bond donors (Lipinski definition) is 3. The summed E-state index contributed by atoms with van der Waals surface area (Å²) in [6, 6.07) is 14.0. The van der Waals surface area contributed by atoms with Gasteiger partial charge in [-0.25, -0.2) is 4.98 Å². The normalized spacial score (nSPS) is 20.0. The molecule has 7 rings (SSSR count). The van der Waals surface area contributed by atoms with Crippen molar-refractivity contribution >= 4 is 29.0 Å². The van der Waals surface area contributed by atoms with Crippen molar-refractivity contribution in [3.8, 4) is 22.4 Å². The molecule has 11 heteroatoms. The molecular weight excluding hydrogens is 518 g/mol. The minimum absolute atomic E-state index is 0.0127. The highest BCUT2D eigenvalue weighted by Gasteiger charge is 2.45. The average Bonchev–Trinajstić information content (AvgIpc) is 3.68. The first-order valence-corrected chi connectivity index (χ1v) is 13.7. The summed E-state index contributed by atoms with van der Waals surface area (Å²) in [5.41, 5.74) is 18.1. The Morgan fingerprint density at radius 3 is 2.34 bits per heavy atom. The number of nitrogen functional groups attached to an aromatic ring is 2. The van der Waals surface area contributed by atoms with Crippen molar-refractivity contribution in [3.63, 3.8) is 0 Å². The van der Waals surface area contributed by atoms with Crippen molar-refractivity contribution in [3.05, 3.63) is 77.9 Å². The van der Waals surface area contributed by atoms with Gasteiger partial charge in [-0.1, -0.05) is 36.4 Å². The number of nitrogens with two attached hydrogens (primary N) is 2. The van der Waals surface area contributed by atoms with E-state index in [1.165, 1.54) is 17.6 Å². The van der Waals surface area contributed by atoms with Gasteiger partial charge in [-0.05, 0) is 38.7 Å². The van der Waals surface area contributed by atoms with Crippen LogP contribution in [0.25, 0.3) is 28.0 Å². The molecule has 2 aliphatic heterocycles. The fourth-order valence-electron chi connectivity index (χ4n) is 6.56. The summed E-state index contributed by atoms with van der Waals surface area (Å²) >= 11 is 0. The van der Waals surface area contributed by atoms with Crippen LogP contribution in [0.15, 0.2) is 61.1 Å². The van der Waals surface area contributed by atoms with Crippen LogP contribution in [0.1, 0.15) is 64.9 Å². The number of nitrogens with zero attached hydrogens (tertiary/aromatic N) is 6. The van der Waals surface area contributed by atoms with E-state index < -0.39 is 0 Å². The fourth-order valence-corrected chi connectivity index (χ4v) is 6.56. The third-order valence-corrected chi connectivity index (χ3v) is 8.46. The van der Waals surface area contributed by atoms with E-state index in [4.69, 9.17) is 16.5 Å². The van der Waals surface area contributed by atoms with E-state index >= 15 is 0 Å². The minimum atomic E-state index is -0.158. The summed E-state index contributed by atoms with van der Waals surface area (Å²) in [5, 5.41) is 11.1. The zero-order valence-electron chi connectivity index (χ0n) is 22.5. The molecular formula is C30H29N9O2. The second-order valence-electron chi connectivity index (χ2n) is 10.9. The number of carbonyl (C=O) groups excluding carboxylic acids is 2. The lowest BCUT2D eigenvalue weighted by atomic mass is 9.85. The van der Waals surface area contributed by atoms with Gasteiger partial charge >= 0.3 is 0 Å². The largest absolute Gasteiger partial charge is 0.383 e. The third-order valence-electron chi connectivity index (χ3n) is 8.46. The van der Waals surface area contributed by atoms with E-state index in [1.807, 2.05) is 53.6 Å². The van der Waals surface area contributed by atoms with Crippen molar-refractivity contribution < 1.29 is 9.59 Å². The summed E-state index contributed by atoms with van der Waals surface area (Å²) in [4.78, 5) is 37.9. The van der Waals surface area contributed by atoms with Crippen LogP contribution < -0.4 is 11.5 Å². The number of benzene rings is 1. The van der Waals surface area contributed by atoms with Crippen LogP contribution in [0.4, 0.5) is 11.6 Å². The molecule has 4 aromatic heterocycles. The number of nitrogens with one attached hydrogen (secondary N) is 1. The number of piperidine rings is 1. The SMILES string of the molecule is CC(=O)c1c(C2C[C@H]3CC[C@@H](C2)N3C(=O)c2cn[nH]c2N)nc2c(-c3ccc(-c4ccccc4)nc3)cnn2c1N. The smallest absolute Gasteiger partial charge is 0.259 e. The molecule has 5 aromatic rings. The molecule has 2 aliphatic rings. The number of ketones is 1. The van der Waals surface area contributed by atoms with Crippen molar-refractivity contribution in [2.75, 3.05) is 11.5 Å². The van der Waals surface area contributed by atoms with Gasteiger partial charge in [0.1, 0.15) is 17.2 Å². The molecule has 11 nitrogen and oxygen atoms in total. The van der Waals surface area contributed by atoms with Crippen molar-refractivity contribution in [2.24, 2.45) is 0 Å². The summed E-state index contributed by atoms with van der Waals surface area (Å²) in [6.45, 7) is 1.51. The molecule has 0 aliphatic carbocycles. The molecule has 3 atom stereocenters. The van der Waals surface area contributed by atoms with E-state index in [-0.39, 0.29) is 41.3 Å². The number of amides is 1. The van der Waals surface area contributed by atoms with Gasteiger partial charge in [-0.3, -0.25) is 19.7 Å². The van der Waals surface area contributed by atoms with Gasteiger partial charge in [-0.15, -0.1) is 0 Å². The Bertz CT molecular complexity index is 1780. The zero-order valence-corrected chi connectivity index (χ0v) is 22.5. The van der Waals surface area contributed by atoms with E-state index in [1.54, 1.807) is 6.20 Å². The molecule has 0 saturated carbocycles. The van der Waals surface area contributed by atoms with Gasteiger partial charge in [0.2, 0.25) is 0 Å². The van der Waals surface area contributed by atoms with Gasteiger partial charge in [0.25, 0.3) is 5.91 Å². The van der Waals surface area contributed by atoms with Crippen LogP contribution >= 0.6 is 0 Å². The summed E-state index contributed by atoms with van der Waals surface area (Å²) < 4.78 is 1.54. The van der Waals surface area contributed by atoms with Gasteiger partial charge in [0.05, 0.1) is 29.3 Å². The minimum Gasteiger partial charge on any atom is -0.383 e. The van der Waals surface area contributed by atoms with Crippen molar-refractivity contribution in [1.82, 2.24) is 34.7 Å². The molecule has 1 aromatic carbocycles. The van der Waals surface area contributed by atoms with Crippen LogP contribution in [0.5, 0.6) is 0 Å². The van der Waals surface area contributed by atoms with Crippen molar-refractivity contribution in [2.45, 2.75) is 50.6 Å². The van der Waals surface area contributed by atoms with Crippen LogP contribution in [0, 0.1) is 0 Å². The van der Waals surface area contributed by atoms with E-state index in [9.17, 15) is 9.59 Å². The quantitative estimate of drug-likeness (QED) is 0.277. The van der Waals surface area contributed by atoms with Crippen LogP contribution in [0.3, 0.4) is 0 Å². The van der Waals surface area contributed by atoms with Crippen LogP contribution in [0.2, 0.25) is 0 Å². The van der Waals surface area contributed by atoms with Crippen LogP contribution in [-0.2, 0) is 0 Å². The Labute approximate surface area is 235 Å². The number of Topliss-reactive ketones (excluding diaryl/α,β-unsaturated/α-hetero) is 1. The molecule has 6 heterocycles. The lowest BCUT2D eigenvalue weighted by Crippen LogP contribution is -2.46. The summed E-state index contributed by atoms with van der Waals surface area (Å²) in [5.74, 6) is 0.242. The number of H-pyrrole nitrogens is 1. The standard InChI is InChI=1S/C30H29N9O2/c1-16(40)25-26(19-11-20-8-9-21(12-19)38(20)30(41)23-14-34-37-27(23)31)36-29-22(15-35-39(29)28(25)32)18-7-10-24(33-13-18)17-5-3-2-4-6-17/h2-7,10,13-15,19-21H,8-9,11-12,32H2,1H3,(H3,31,34,37)/t19?,20-,21+. The zero-order chi connectivity index (χ0) is 28.2. The lowest BCUT2D eigenvalue weighted by molar-refractivity contribution is 0.0569. The third kappa shape index (κ3) is 4.03.